The van der Waals surface area contributed by atoms with E-state index < -0.39 is 0 Å². The molecule has 1 atom stereocenters. The van der Waals surface area contributed by atoms with E-state index in [9.17, 15) is 4.79 Å². The molecular formula is C12H18ClN3O. The van der Waals surface area contributed by atoms with Gasteiger partial charge in [-0.3, -0.25) is 4.79 Å². The second-order valence-electron chi connectivity index (χ2n) is 4.45. The van der Waals surface area contributed by atoms with Crippen LogP contribution in [0.4, 0.5) is 5.82 Å². The van der Waals surface area contributed by atoms with Crippen LogP contribution in [0.15, 0.2) is 17.2 Å². The zero-order valence-corrected chi connectivity index (χ0v) is 10.8. The lowest BCUT2D eigenvalue weighted by molar-refractivity contribution is 0.656. The minimum Gasteiger partial charge on any atom is -0.363 e. The van der Waals surface area contributed by atoms with Crippen LogP contribution in [0.3, 0.4) is 0 Å². The van der Waals surface area contributed by atoms with Crippen LogP contribution in [0, 0.1) is 0 Å². The molecule has 17 heavy (non-hydrogen) atoms. The van der Waals surface area contributed by atoms with Gasteiger partial charge in [-0.2, -0.15) is 0 Å². The number of hydrogen-bond acceptors (Lipinski definition) is 3. The lowest BCUT2D eigenvalue weighted by Gasteiger charge is -2.16. The number of alkyl halides is 1. The van der Waals surface area contributed by atoms with Gasteiger partial charge in [-0.05, 0) is 25.7 Å². The minimum absolute atomic E-state index is 0.0111. The number of anilines is 1. The number of aromatic nitrogens is 2. The average Bonchev–Trinajstić information content (AvgIpc) is 3.15. The molecule has 1 unspecified atom stereocenters. The topological polar surface area (TPSA) is 46.9 Å². The highest BCUT2D eigenvalue weighted by Gasteiger charge is 2.25. The maximum Gasteiger partial charge on any atom is 0.293 e. The van der Waals surface area contributed by atoms with Crippen LogP contribution in [-0.4, -0.2) is 21.5 Å². The van der Waals surface area contributed by atoms with Crippen molar-refractivity contribution in [2.24, 2.45) is 0 Å². The van der Waals surface area contributed by atoms with Crippen molar-refractivity contribution in [1.82, 2.24) is 9.55 Å². The van der Waals surface area contributed by atoms with E-state index in [2.05, 4.69) is 17.2 Å². The Morgan fingerprint density at radius 2 is 2.41 bits per heavy atom. The Morgan fingerprint density at radius 3 is 3.00 bits per heavy atom. The van der Waals surface area contributed by atoms with Gasteiger partial charge in [-0.25, -0.2) is 4.98 Å². The van der Waals surface area contributed by atoms with Crippen molar-refractivity contribution in [2.75, 3.05) is 11.2 Å². The zero-order chi connectivity index (χ0) is 12.3. The summed E-state index contributed by atoms with van der Waals surface area (Å²) in [5.41, 5.74) is -0.0111. The maximum atomic E-state index is 12.1. The van der Waals surface area contributed by atoms with Gasteiger partial charge in [0, 0.05) is 30.4 Å². The fourth-order valence-corrected chi connectivity index (χ4v) is 2.13. The third-order valence-corrected chi connectivity index (χ3v) is 3.32. The summed E-state index contributed by atoms with van der Waals surface area (Å²) in [6.45, 7) is 2.08. The summed E-state index contributed by atoms with van der Waals surface area (Å²) in [6.07, 6.45) is 7.44. The maximum absolute atomic E-state index is 12.1. The van der Waals surface area contributed by atoms with Crippen molar-refractivity contribution < 1.29 is 0 Å². The van der Waals surface area contributed by atoms with Gasteiger partial charge in [0.05, 0.1) is 0 Å². The first kappa shape index (κ1) is 12.4. The predicted molar refractivity (Wildman–Crippen MR) is 69.8 cm³/mol. The van der Waals surface area contributed by atoms with E-state index in [-0.39, 0.29) is 11.6 Å². The second-order valence-corrected chi connectivity index (χ2v) is 4.82. The lowest BCUT2D eigenvalue weighted by Crippen LogP contribution is -2.28. The van der Waals surface area contributed by atoms with Crippen molar-refractivity contribution in [3.8, 4) is 0 Å². The van der Waals surface area contributed by atoms with Crippen molar-refractivity contribution in [3.05, 3.63) is 22.7 Å². The van der Waals surface area contributed by atoms with E-state index in [0.717, 1.165) is 25.7 Å². The molecule has 1 aliphatic carbocycles. The van der Waals surface area contributed by atoms with Crippen molar-refractivity contribution in [3.63, 3.8) is 0 Å². The highest BCUT2D eigenvalue weighted by Crippen LogP contribution is 2.33. The minimum atomic E-state index is -0.0111. The Labute approximate surface area is 106 Å². The first-order valence-electron chi connectivity index (χ1n) is 6.16. The van der Waals surface area contributed by atoms with Crippen LogP contribution in [0.5, 0.6) is 0 Å². The molecule has 0 saturated heterocycles. The summed E-state index contributed by atoms with van der Waals surface area (Å²) in [5.74, 6) is 1.05. The Kier molecular flexibility index (Phi) is 4.05. The Morgan fingerprint density at radius 1 is 1.65 bits per heavy atom. The highest BCUT2D eigenvalue weighted by molar-refractivity contribution is 6.17. The number of nitrogens with one attached hydrogen (secondary N) is 1. The molecule has 1 heterocycles. The van der Waals surface area contributed by atoms with Gasteiger partial charge in [-0.15, -0.1) is 11.6 Å². The molecule has 0 aromatic carbocycles. The standard InChI is InChI=1S/C12H18ClN3O/c1-2-9(5-6-13)15-11-12(17)16(8-7-14-11)10-3-4-10/h7-10H,2-6H2,1H3,(H,14,15). The molecule has 4 nitrogen and oxygen atoms in total. The third kappa shape index (κ3) is 3.00. The van der Waals surface area contributed by atoms with Gasteiger partial charge in [0.25, 0.3) is 5.56 Å². The van der Waals surface area contributed by atoms with Gasteiger partial charge < -0.3 is 9.88 Å². The van der Waals surface area contributed by atoms with Crippen LogP contribution >= 0.6 is 11.6 Å². The van der Waals surface area contributed by atoms with E-state index >= 15 is 0 Å². The van der Waals surface area contributed by atoms with Crippen molar-refractivity contribution in [2.45, 2.75) is 44.7 Å². The summed E-state index contributed by atoms with van der Waals surface area (Å²) in [7, 11) is 0. The Balaban J connectivity index is 2.14. The molecular weight excluding hydrogens is 238 g/mol. The molecule has 5 heteroatoms. The summed E-state index contributed by atoms with van der Waals surface area (Å²) in [4.78, 5) is 16.2. The van der Waals surface area contributed by atoms with Crippen molar-refractivity contribution >= 4 is 17.4 Å². The predicted octanol–water partition coefficient (Wildman–Crippen LogP) is 2.40. The van der Waals surface area contributed by atoms with E-state index in [4.69, 9.17) is 11.6 Å². The van der Waals surface area contributed by atoms with Gasteiger partial charge >= 0.3 is 0 Å². The van der Waals surface area contributed by atoms with Crippen LogP contribution in [0.25, 0.3) is 0 Å². The van der Waals surface area contributed by atoms with E-state index in [1.807, 2.05) is 0 Å². The first-order valence-corrected chi connectivity index (χ1v) is 6.69. The number of nitrogens with zero attached hydrogens (tertiary/aromatic N) is 2. The smallest absolute Gasteiger partial charge is 0.293 e. The SMILES string of the molecule is CCC(CCCl)Nc1nccn(C2CC2)c1=O. The normalized spacial score (nSPS) is 16.8. The van der Waals surface area contributed by atoms with Gasteiger partial charge in [-0.1, -0.05) is 6.92 Å². The molecule has 1 aromatic rings. The third-order valence-electron chi connectivity index (χ3n) is 3.10. The monoisotopic (exact) mass is 255 g/mol. The summed E-state index contributed by atoms with van der Waals surface area (Å²) in [6, 6.07) is 0.613. The molecule has 2 rings (SSSR count). The lowest BCUT2D eigenvalue weighted by atomic mass is 10.2. The molecule has 94 valence electrons. The largest absolute Gasteiger partial charge is 0.363 e. The Hall–Kier alpha value is -1.03. The van der Waals surface area contributed by atoms with E-state index in [1.54, 1.807) is 17.0 Å². The highest BCUT2D eigenvalue weighted by atomic mass is 35.5. The van der Waals surface area contributed by atoms with Crippen molar-refractivity contribution in [1.29, 1.82) is 0 Å². The quantitative estimate of drug-likeness (QED) is 0.794. The molecule has 1 fully saturated rings. The van der Waals surface area contributed by atoms with Gasteiger partial charge in [0.2, 0.25) is 0 Å². The molecule has 1 N–H and O–H groups in total. The van der Waals surface area contributed by atoms with Gasteiger partial charge in [0.15, 0.2) is 5.82 Å². The van der Waals surface area contributed by atoms with Crippen LogP contribution in [-0.2, 0) is 0 Å². The molecule has 1 aromatic heterocycles. The first-order chi connectivity index (χ1) is 8.26. The second kappa shape index (κ2) is 5.54. The van der Waals surface area contributed by atoms with E-state index in [1.165, 1.54) is 0 Å². The molecule has 1 saturated carbocycles. The number of halogens is 1. The summed E-state index contributed by atoms with van der Waals surface area (Å²) < 4.78 is 1.78. The summed E-state index contributed by atoms with van der Waals surface area (Å²) in [5, 5.41) is 3.19. The fourth-order valence-electron chi connectivity index (χ4n) is 1.87. The molecule has 0 amide bonds. The number of hydrogen-bond donors (Lipinski definition) is 1. The molecule has 0 aliphatic heterocycles. The van der Waals surface area contributed by atoms with E-state index in [0.29, 0.717) is 17.7 Å². The number of rotatable bonds is 6. The zero-order valence-electron chi connectivity index (χ0n) is 10.0. The van der Waals surface area contributed by atoms with Crippen LogP contribution in [0.2, 0.25) is 0 Å². The van der Waals surface area contributed by atoms with Gasteiger partial charge in [0.1, 0.15) is 0 Å². The average molecular weight is 256 g/mol. The van der Waals surface area contributed by atoms with Crippen LogP contribution < -0.4 is 10.9 Å². The molecule has 0 radical (unpaired) electrons. The fraction of sp³-hybridized carbons (Fsp3) is 0.667. The molecule has 1 aliphatic rings. The van der Waals surface area contributed by atoms with Crippen LogP contribution in [0.1, 0.15) is 38.6 Å². The molecule has 0 spiro atoms. The molecule has 0 bridgehead atoms. The Bertz CT molecular complexity index is 428. The summed E-state index contributed by atoms with van der Waals surface area (Å²) >= 11 is 5.73.